The van der Waals surface area contributed by atoms with Crippen LogP contribution in [0, 0.1) is 5.92 Å². The number of halogens is 2. The van der Waals surface area contributed by atoms with Crippen molar-refractivity contribution in [1.29, 1.82) is 0 Å². The second-order valence-electron chi connectivity index (χ2n) is 7.67. The second kappa shape index (κ2) is 11.6. The summed E-state index contributed by atoms with van der Waals surface area (Å²) < 4.78 is 0. The fourth-order valence-corrected chi connectivity index (χ4v) is 3.76. The number of piperazine rings is 1. The third-order valence-electron chi connectivity index (χ3n) is 5.52. The molecule has 1 aliphatic carbocycles. The van der Waals surface area contributed by atoms with Crippen molar-refractivity contribution in [3.8, 4) is 0 Å². The lowest BCUT2D eigenvalue weighted by molar-refractivity contribution is -0.132. The molecule has 0 spiro atoms. The number of rotatable bonds is 4. The monoisotopic (exact) mass is 430 g/mol. The van der Waals surface area contributed by atoms with Gasteiger partial charge in [-0.25, -0.2) is 0 Å². The van der Waals surface area contributed by atoms with E-state index in [1.165, 1.54) is 0 Å². The molecule has 0 bridgehead atoms. The Labute approximate surface area is 180 Å². The maximum Gasteiger partial charge on any atom is 0.227 e. The van der Waals surface area contributed by atoms with Gasteiger partial charge in [0.15, 0.2) is 0 Å². The summed E-state index contributed by atoms with van der Waals surface area (Å²) in [5.74, 6) is 0.240. The molecule has 28 heavy (non-hydrogen) atoms. The van der Waals surface area contributed by atoms with Crippen LogP contribution in [0.25, 0.3) is 0 Å². The van der Waals surface area contributed by atoms with Gasteiger partial charge < -0.3 is 20.9 Å². The summed E-state index contributed by atoms with van der Waals surface area (Å²) in [6.45, 7) is 3.46. The Bertz CT molecular complexity index is 634. The van der Waals surface area contributed by atoms with Crippen LogP contribution < -0.4 is 11.1 Å². The molecule has 3 rings (SSSR count). The molecule has 0 aromatic heterocycles. The molecule has 1 saturated carbocycles. The Kier molecular flexibility index (Phi) is 10.2. The molecule has 2 aliphatic rings. The highest BCUT2D eigenvalue weighted by atomic mass is 35.5. The predicted molar refractivity (Wildman–Crippen MR) is 117 cm³/mol. The zero-order chi connectivity index (χ0) is 18.5. The highest BCUT2D eigenvalue weighted by Crippen LogP contribution is 2.24. The van der Waals surface area contributed by atoms with Gasteiger partial charge in [-0.3, -0.25) is 9.59 Å². The van der Waals surface area contributed by atoms with E-state index in [0.717, 1.165) is 63.1 Å². The first-order chi connectivity index (χ1) is 12.5. The Morgan fingerprint density at radius 2 is 1.71 bits per heavy atom. The van der Waals surface area contributed by atoms with E-state index in [9.17, 15) is 9.59 Å². The summed E-state index contributed by atoms with van der Waals surface area (Å²) in [5, 5.41) is 2.99. The number of anilines is 1. The molecule has 6 nitrogen and oxygen atoms in total. The van der Waals surface area contributed by atoms with E-state index >= 15 is 0 Å². The van der Waals surface area contributed by atoms with Crippen molar-refractivity contribution >= 4 is 42.3 Å². The van der Waals surface area contributed by atoms with Gasteiger partial charge >= 0.3 is 0 Å². The maximum atomic E-state index is 12.4. The van der Waals surface area contributed by atoms with Crippen molar-refractivity contribution in [2.45, 2.75) is 38.1 Å². The van der Waals surface area contributed by atoms with E-state index in [2.05, 4.69) is 17.3 Å². The number of benzene rings is 1. The Hall–Kier alpha value is -1.34. The summed E-state index contributed by atoms with van der Waals surface area (Å²) >= 11 is 0. The molecule has 1 aromatic rings. The van der Waals surface area contributed by atoms with Crippen molar-refractivity contribution in [3.05, 3.63) is 29.8 Å². The maximum absolute atomic E-state index is 12.4. The fourth-order valence-electron chi connectivity index (χ4n) is 3.76. The van der Waals surface area contributed by atoms with Gasteiger partial charge in [0.2, 0.25) is 11.8 Å². The molecule has 2 amide bonds. The molecule has 2 unspecified atom stereocenters. The van der Waals surface area contributed by atoms with Crippen molar-refractivity contribution in [1.82, 2.24) is 9.80 Å². The van der Waals surface area contributed by atoms with E-state index in [4.69, 9.17) is 5.73 Å². The number of carbonyl (C=O) groups is 2. The second-order valence-corrected chi connectivity index (χ2v) is 7.67. The van der Waals surface area contributed by atoms with Crippen LogP contribution in [0.3, 0.4) is 0 Å². The molecule has 2 atom stereocenters. The van der Waals surface area contributed by atoms with Gasteiger partial charge in [-0.1, -0.05) is 18.6 Å². The first kappa shape index (κ1) is 24.7. The minimum atomic E-state index is 0. The lowest BCUT2D eigenvalue weighted by atomic mass is 9.85. The molecule has 1 saturated heterocycles. The zero-order valence-corrected chi connectivity index (χ0v) is 18.1. The number of hydrogen-bond donors (Lipinski definition) is 2. The fraction of sp³-hybridized carbons (Fsp3) is 0.600. The number of likely N-dealkylation sites (N-methyl/N-ethyl adjacent to an activating group) is 1. The molecule has 8 heteroatoms. The Balaban J connectivity index is 0.00000196. The number of nitrogens with one attached hydrogen (secondary N) is 1. The van der Waals surface area contributed by atoms with E-state index in [0.29, 0.717) is 6.42 Å². The summed E-state index contributed by atoms with van der Waals surface area (Å²) in [6.07, 6.45) is 4.13. The van der Waals surface area contributed by atoms with Gasteiger partial charge in [-0.05, 0) is 44.0 Å². The lowest BCUT2D eigenvalue weighted by Crippen LogP contribution is -2.47. The molecule has 0 radical (unpaired) electrons. The summed E-state index contributed by atoms with van der Waals surface area (Å²) in [5.41, 5.74) is 7.73. The first-order valence-electron chi connectivity index (χ1n) is 9.63. The van der Waals surface area contributed by atoms with Crippen LogP contribution in [0.1, 0.15) is 31.2 Å². The summed E-state index contributed by atoms with van der Waals surface area (Å²) in [6, 6.07) is 7.76. The van der Waals surface area contributed by atoms with Crippen LogP contribution in [0.15, 0.2) is 24.3 Å². The van der Waals surface area contributed by atoms with Crippen LogP contribution in [0.2, 0.25) is 0 Å². The summed E-state index contributed by atoms with van der Waals surface area (Å²) in [7, 11) is 2.08. The minimum absolute atomic E-state index is 0. The summed E-state index contributed by atoms with van der Waals surface area (Å²) in [4.78, 5) is 28.9. The van der Waals surface area contributed by atoms with Gasteiger partial charge in [0, 0.05) is 43.8 Å². The molecule has 1 aliphatic heterocycles. The van der Waals surface area contributed by atoms with E-state index in [1.54, 1.807) is 0 Å². The number of nitrogens with zero attached hydrogens (tertiary/aromatic N) is 2. The average molecular weight is 431 g/mol. The molecule has 3 N–H and O–H groups in total. The zero-order valence-electron chi connectivity index (χ0n) is 16.4. The highest BCUT2D eigenvalue weighted by Gasteiger charge is 2.25. The molecule has 1 aromatic carbocycles. The van der Waals surface area contributed by atoms with E-state index in [1.807, 2.05) is 29.2 Å². The van der Waals surface area contributed by atoms with Gasteiger partial charge in [0.1, 0.15) is 0 Å². The standard InChI is InChI=1S/C20H30N4O2.2ClH/c1-23-9-11-24(12-10-23)19(25)13-15-5-7-18(8-6-15)22-20(26)16-3-2-4-17(21)14-16;;/h5-8,16-17H,2-4,9-14,21H2,1H3,(H,22,26);2*1H. The molecule has 1 heterocycles. The number of amides is 2. The van der Waals surface area contributed by atoms with Gasteiger partial charge in [-0.2, -0.15) is 0 Å². The van der Waals surface area contributed by atoms with Gasteiger partial charge in [-0.15, -0.1) is 24.8 Å². The van der Waals surface area contributed by atoms with E-state index < -0.39 is 0 Å². The van der Waals surface area contributed by atoms with Crippen LogP contribution in [-0.4, -0.2) is 60.9 Å². The number of carbonyl (C=O) groups excluding carboxylic acids is 2. The van der Waals surface area contributed by atoms with Crippen molar-refractivity contribution in [3.63, 3.8) is 0 Å². The van der Waals surface area contributed by atoms with Crippen LogP contribution in [-0.2, 0) is 16.0 Å². The largest absolute Gasteiger partial charge is 0.340 e. The first-order valence-corrected chi connectivity index (χ1v) is 9.63. The Morgan fingerprint density at radius 1 is 1.07 bits per heavy atom. The smallest absolute Gasteiger partial charge is 0.227 e. The molecule has 158 valence electrons. The number of hydrogen-bond acceptors (Lipinski definition) is 4. The topological polar surface area (TPSA) is 78.7 Å². The predicted octanol–water partition coefficient (Wildman–Crippen LogP) is 2.30. The third-order valence-corrected chi connectivity index (χ3v) is 5.52. The number of nitrogens with two attached hydrogens (primary N) is 1. The molecular weight excluding hydrogens is 399 g/mol. The van der Waals surface area contributed by atoms with Crippen LogP contribution >= 0.6 is 24.8 Å². The van der Waals surface area contributed by atoms with Crippen LogP contribution in [0.4, 0.5) is 5.69 Å². The van der Waals surface area contributed by atoms with Gasteiger partial charge in [0.05, 0.1) is 6.42 Å². The van der Waals surface area contributed by atoms with Crippen LogP contribution in [0.5, 0.6) is 0 Å². The molecule has 2 fully saturated rings. The third kappa shape index (κ3) is 6.92. The average Bonchev–Trinajstić information content (AvgIpc) is 2.64. The lowest BCUT2D eigenvalue weighted by Gasteiger charge is -2.32. The quantitative estimate of drug-likeness (QED) is 0.767. The van der Waals surface area contributed by atoms with Crippen molar-refractivity contribution in [2.75, 3.05) is 38.5 Å². The molecular formula is C20H32Cl2N4O2. The van der Waals surface area contributed by atoms with E-state index in [-0.39, 0.29) is 48.6 Å². The van der Waals surface area contributed by atoms with Gasteiger partial charge in [0.25, 0.3) is 0 Å². The van der Waals surface area contributed by atoms with Crippen molar-refractivity contribution < 1.29 is 9.59 Å². The normalized spacial score (nSPS) is 22.6. The SMILES string of the molecule is CN1CCN(C(=O)Cc2ccc(NC(=O)C3CCCC(N)C3)cc2)CC1.Cl.Cl. The Morgan fingerprint density at radius 3 is 2.32 bits per heavy atom. The van der Waals surface area contributed by atoms with Crippen molar-refractivity contribution in [2.24, 2.45) is 11.7 Å². The minimum Gasteiger partial charge on any atom is -0.340 e. The highest BCUT2D eigenvalue weighted by molar-refractivity contribution is 5.92.